The second-order valence-corrected chi connectivity index (χ2v) is 25.8. The van der Waals surface area contributed by atoms with E-state index < -0.39 is 153 Å². The van der Waals surface area contributed by atoms with E-state index in [4.69, 9.17) is 37.9 Å². The Morgan fingerprint density at radius 1 is 0.608 bits per heavy atom. The van der Waals surface area contributed by atoms with Crippen molar-refractivity contribution in [3.8, 4) is 0 Å². The van der Waals surface area contributed by atoms with Gasteiger partial charge in [0.05, 0.1) is 37.4 Å². The number of esters is 1. The summed E-state index contributed by atoms with van der Waals surface area (Å²) in [6.45, 7) is 15.8. The van der Waals surface area contributed by atoms with Gasteiger partial charge in [-0.3, -0.25) is 4.79 Å². The highest BCUT2D eigenvalue weighted by molar-refractivity contribution is 5.79. The fraction of sp³-hybridized carbons (Fsp3) is 0.943. The van der Waals surface area contributed by atoms with Gasteiger partial charge in [-0.15, -0.1) is 0 Å². The molecule has 4 saturated heterocycles. The third kappa shape index (κ3) is 9.17. The van der Waals surface area contributed by atoms with Gasteiger partial charge in [0.25, 0.3) is 0 Å². The van der Waals surface area contributed by atoms with E-state index in [2.05, 4.69) is 54.5 Å². The molecule has 4 aliphatic heterocycles. The maximum absolute atomic E-state index is 14.8. The summed E-state index contributed by atoms with van der Waals surface area (Å²) in [4.78, 5) is 14.8. The third-order valence-electron chi connectivity index (χ3n) is 21.0. The largest absolute Gasteiger partial charge is 0.432 e. The highest BCUT2D eigenvalue weighted by Gasteiger charge is 2.70. The van der Waals surface area contributed by atoms with Crippen LogP contribution in [0.15, 0.2) is 11.6 Å². The molecule has 74 heavy (non-hydrogen) atoms. The number of ether oxygens (including phenoxy) is 8. The van der Waals surface area contributed by atoms with E-state index in [1.165, 1.54) is 12.5 Å². The predicted molar refractivity (Wildman–Crippen MR) is 255 cm³/mol. The summed E-state index contributed by atoms with van der Waals surface area (Å²) >= 11 is 0. The van der Waals surface area contributed by atoms with E-state index >= 15 is 0 Å². The smallest absolute Gasteiger partial charge is 0.315 e. The fourth-order valence-electron chi connectivity index (χ4n) is 16.2. The fourth-order valence-corrected chi connectivity index (χ4v) is 16.2. The van der Waals surface area contributed by atoms with Crippen molar-refractivity contribution in [2.24, 2.45) is 50.2 Å². The minimum absolute atomic E-state index is 0.0761. The van der Waals surface area contributed by atoms with Gasteiger partial charge in [-0.05, 0) is 116 Å². The van der Waals surface area contributed by atoms with Gasteiger partial charge in [0.2, 0.25) is 6.29 Å². The third-order valence-corrected chi connectivity index (χ3v) is 21.0. The van der Waals surface area contributed by atoms with Crippen molar-refractivity contribution in [2.45, 2.75) is 242 Å². The molecule has 4 saturated carbocycles. The number of fused-ring (bicyclic) bond motifs is 7. The lowest BCUT2D eigenvalue weighted by atomic mass is 9.33. The molecule has 27 atom stereocenters. The second kappa shape index (κ2) is 20.5. The Morgan fingerprint density at radius 2 is 1.20 bits per heavy atom. The molecule has 0 aromatic heterocycles. The van der Waals surface area contributed by atoms with Gasteiger partial charge in [0.1, 0.15) is 85.5 Å². The lowest BCUT2D eigenvalue weighted by molar-refractivity contribution is -0.392. The molecule has 21 heteroatoms. The van der Waals surface area contributed by atoms with Crippen LogP contribution in [0.2, 0.25) is 0 Å². The molecule has 21 nitrogen and oxygen atoms in total. The van der Waals surface area contributed by atoms with Crippen LogP contribution in [0.3, 0.4) is 0 Å². The maximum atomic E-state index is 14.8. The van der Waals surface area contributed by atoms with Gasteiger partial charge in [-0.1, -0.05) is 60.1 Å². The Hall–Kier alpha value is -1.55. The van der Waals surface area contributed by atoms with Crippen LogP contribution in [0.5, 0.6) is 0 Å². The van der Waals surface area contributed by atoms with E-state index in [0.29, 0.717) is 19.3 Å². The molecule has 5 aliphatic carbocycles. The number of allylic oxidation sites excluding steroid dienone is 2. The van der Waals surface area contributed by atoms with Gasteiger partial charge in [0, 0.05) is 0 Å². The Kier molecular flexibility index (Phi) is 15.8. The molecule has 0 unspecified atom stereocenters. The van der Waals surface area contributed by atoms with Gasteiger partial charge in [0.15, 0.2) is 18.9 Å². The van der Waals surface area contributed by atoms with Crippen molar-refractivity contribution in [3.63, 3.8) is 0 Å². The first-order valence-corrected chi connectivity index (χ1v) is 27.1. The van der Waals surface area contributed by atoms with Gasteiger partial charge < -0.3 is 99.2 Å². The molecule has 0 spiro atoms. The summed E-state index contributed by atoms with van der Waals surface area (Å²) in [5.74, 6) is -0.269. The van der Waals surface area contributed by atoms with E-state index in [1.807, 2.05) is 0 Å². The molecule has 424 valence electrons. The molecular formula is C53H86O21. The standard InChI is InChI=1S/C53H86O21/c1-23-32(57)36(61)39(64)43(68-23)72-42-38(63)35(60)28(21-55)70-46(42)73-41-33(58)26(56)22-67-45(41)71-31-12-13-50(6)29(49(31,4)5)11-14-52(8)30(50)10-9-24-25-19-48(2,3)15-17-53(25,18-16-51(24,52)7)47(66)74-44-40(65)37(62)34(59)27(20-54)69-44/h9,23,25-46,54-65H,10-22H2,1-8H3/t23-,25-,26+,27+,28+,29-,30+,31-,32-,33-,34+,35+,36+,37-,38-,39+,40+,41+,42+,43-,44-,45-,46-,50-,51+,52+,53-/m0/s1. The van der Waals surface area contributed by atoms with Crippen LogP contribution in [-0.4, -0.2) is 210 Å². The van der Waals surface area contributed by atoms with Crippen molar-refractivity contribution >= 4 is 5.97 Å². The molecular weight excluding hydrogens is 973 g/mol. The van der Waals surface area contributed by atoms with Gasteiger partial charge in [-0.25, -0.2) is 0 Å². The number of aliphatic hydroxyl groups is 12. The molecule has 9 rings (SSSR count). The molecule has 9 aliphatic rings. The molecule has 12 N–H and O–H groups in total. The average Bonchev–Trinajstić information content (AvgIpc) is 3.35. The van der Waals surface area contributed by atoms with Crippen LogP contribution in [0.1, 0.15) is 120 Å². The monoisotopic (exact) mass is 1060 g/mol. The zero-order valence-corrected chi connectivity index (χ0v) is 44.1. The van der Waals surface area contributed by atoms with Crippen LogP contribution in [0, 0.1) is 50.2 Å². The molecule has 0 radical (unpaired) electrons. The molecule has 0 aromatic carbocycles. The zero-order chi connectivity index (χ0) is 54.0. The van der Waals surface area contributed by atoms with Crippen LogP contribution in [-0.2, 0) is 42.7 Å². The lowest BCUT2D eigenvalue weighted by Gasteiger charge is -2.71. The first kappa shape index (κ1) is 57.1. The summed E-state index contributed by atoms with van der Waals surface area (Å²) in [6, 6.07) is 0. The van der Waals surface area contributed by atoms with Gasteiger partial charge in [-0.2, -0.15) is 0 Å². The minimum Gasteiger partial charge on any atom is -0.432 e. The SMILES string of the molecule is C[C@@H]1O[C@@H](O[C@H]2[C@H](O[C@H]3[C@H](O[C@H]4CC[C@]5(C)[C@H]6CC=C7[C@@H]8CC(C)(C)CC[C@]8(C(=O)O[C@@H]8O[C@H](CO)[C@@H](O)[C@H](O)[C@H]8O)CC[C@@]7(C)[C@]6(C)CC[C@H]5C4(C)C)OC[C@@H](O)[C@@H]3O)O[C@H](CO)[C@@H](O)[C@@H]2O)[C@H](O)[C@H](O)[C@H]1O. The summed E-state index contributed by atoms with van der Waals surface area (Å²) in [5.41, 5.74) is -0.832. The molecule has 0 aromatic rings. The highest BCUT2D eigenvalue weighted by Crippen LogP contribution is 2.76. The minimum atomic E-state index is -1.82. The normalized spacial score (nSPS) is 54.1. The number of hydrogen-bond donors (Lipinski definition) is 12. The lowest BCUT2D eigenvalue weighted by Crippen LogP contribution is -2.67. The quantitative estimate of drug-likeness (QED) is 0.0755. The van der Waals surface area contributed by atoms with Crippen molar-refractivity contribution in [2.75, 3.05) is 19.8 Å². The van der Waals surface area contributed by atoms with Crippen LogP contribution in [0.4, 0.5) is 0 Å². The van der Waals surface area contributed by atoms with Crippen LogP contribution in [0.25, 0.3) is 0 Å². The van der Waals surface area contributed by atoms with Gasteiger partial charge >= 0.3 is 5.97 Å². The zero-order valence-electron chi connectivity index (χ0n) is 44.1. The Balaban J connectivity index is 0.945. The number of aliphatic hydroxyl groups excluding tert-OH is 12. The summed E-state index contributed by atoms with van der Waals surface area (Å²) in [6.07, 6.45) is -20.2. The summed E-state index contributed by atoms with van der Waals surface area (Å²) < 4.78 is 48.5. The Morgan fingerprint density at radius 3 is 1.88 bits per heavy atom. The predicted octanol–water partition coefficient (Wildman–Crippen LogP) is -0.369. The first-order valence-electron chi connectivity index (χ1n) is 27.1. The van der Waals surface area contributed by atoms with Crippen molar-refractivity contribution in [1.82, 2.24) is 0 Å². The van der Waals surface area contributed by atoms with Crippen LogP contribution < -0.4 is 0 Å². The summed E-state index contributed by atoms with van der Waals surface area (Å²) in [7, 11) is 0. The van der Waals surface area contributed by atoms with E-state index in [9.17, 15) is 66.1 Å². The molecule has 4 heterocycles. The highest BCUT2D eigenvalue weighted by atomic mass is 16.8. The maximum Gasteiger partial charge on any atom is 0.315 e. The van der Waals surface area contributed by atoms with Crippen LogP contribution >= 0.6 is 0 Å². The first-order chi connectivity index (χ1) is 34.6. The average molecular weight is 1060 g/mol. The Bertz CT molecular complexity index is 2040. The van der Waals surface area contributed by atoms with E-state index in [1.54, 1.807) is 0 Å². The number of rotatable bonds is 10. The number of carbonyl (C=O) groups is 1. The topological polar surface area (TPSA) is 334 Å². The van der Waals surface area contributed by atoms with Crippen molar-refractivity contribution < 1.29 is 104 Å². The van der Waals surface area contributed by atoms with Crippen molar-refractivity contribution in [1.29, 1.82) is 0 Å². The second-order valence-electron chi connectivity index (χ2n) is 25.8. The van der Waals surface area contributed by atoms with Crippen molar-refractivity contribution in [3.05, 3.63) is 11.6 Å². The molecule has 0 amide bonds. The molecule has 0 bridgehead atoms. The molecule has 8 fully saturated rings. The number of hydrogen-bond acceptors (Lipinski definition) is 21. The van der Waals surface area contributed by atoms with E-state index in [-0.39, 0.29) is 46.0 Å². The van der Waals surface area contributed by atoms with E-state index in [0.717, 1.165) is 44.9 Å². The summed E-state index contributed by atoms with van der Waals surface area (Å²) in [5, 5.41) is 128. The number of carbonyl (C=O) groups excluding carboxylic acids is 1. The Labute approximate surface area is 433 Å².